The highest BCUT2D eigenvalue weighted by molar-refractivity contribution is 9.10. The van der Waals surface area contributed by atoms with Crippen LogP contribution in [0.4, 0.5) is 0 Å². The fourth-order valence-electron chi connectivity index (χ4n) is 1.92. The van der Waals surface area contributed by atoms with E-state index in [-0.39, 0.29) is 0 Å². The van der Waals surface area contributed by atoms with E-state index in [0.717, 1.165) is 11.0 Å². The first-order valence-corrected chi connectivity index (χ1v) is 6.83. The number of nitrogens with one attached hydrogen (secondary N) is 1. The predicted octanol–water partition coefficient (Wildman–Crippen LogP) is 3.34. The Hall–Kier alpha value is -1.13. The van der Waals surface area contributed by atoms with Crippen molar-refractivity contribution in [1.82, 2.24) is 15.1 Å². The summed E-state index contributed by atoms with van der Waals surface area (Å²) in [6.07, 6.45) is 1.94. The Labute approximate surface area is 116 Å². The van der Waals surface area contributed by atoms with Crippen LogP contribution in [0.25, 0.3) is 0 Å². The average molecular weight is 308 g/mol. The van der Waals surface area contributed by atoms with Crippen LogP contribution in [0.15, 0.2) is 34.9 Å². The molecular weight excluding hydrogens is 290 g/mol. The van der Waals surface area contributed by atoms with Crippen molar-refractivity contribution in [3.63, 3.8) is 0 Å². The van der Waals surface area contributed by atoms with E-state index < -0.39 is 0 Å². The van der Waals surface area contributed by atoms with Crippen molar-refractivity contribution in [3.05, 3.63) is 51.8 Å². The molecule has 96 valence electrons. The number of halogens is 1. The van der Waals surface area contributed by atoms with Crippen LogP contribution in [-0.2, 0) is 13.6 Å². The molecule has 0 spiro atoms. The first kappa shape index (κ1) is 13.3. The van der Waals surface area contributed by atoms with Gasteiger partial charge < -0.3 is 5.32 Å². The summed E-state index contributed by atoms with van der Waals surface area (Å²) < 4.78 is 3.02. The van der Waals surface area contributed by atoms with Crippen molar-refractivity contribution in [3.8, 4) is 0 Å². The third-order valence-electron chi connectivity index (χ3n) is 3.27. The molecule has 0 aliphatic carbocycles. The summed E-state index contributed by atoms with van der Waals surface area (Å²) in [4.78, 5) is 0. The van der Waals surface area contributed by atoms with Gasteiger partial charge in [0.15, 0.2) is 0 Å². The second kappa shape index (κ2) is 5.67. The van der Waals surface area contributed by atoms with Gasteiger partial charge in [0.05, 0.1) is 6.20 Å². The van der Waals surface area contributed by atoms with Gasteiger partial charge in [-0.25, -0.2) is 0 Å². The molecular formula is C14H18BrN3. The molecule has 2 aromatic rings. The summed E-state index contributed by atoms with van der Waals surface area (Å²) in [7, 11) is 1.97. The third-order valence-corrected chi connectivity index (χ3v) is 3.79. The molecule has 0 saturated heterocycles. The SMILES string of the molecule is Cc1c(C(C)NCc2ccc(Br)cc2)cnn1C. The minimum Gasteiger partial charge on any atom is -0.306 e. The van der Waals surface area contributed by atoms with Gasteiger partial charge in [-0.1, -0.05) is 28.1 Å². The molecule has 1 N–H and O–H groups in total. The minimum atomic E-state index is 0.308. The van der Waals surface area contributed by atoms with Gasteiger partial charge in [-0.15, -0.1) is 0 Å². The summed E-state index contributed by atoms with van der Waals surface area (Å²) in [5, 5.41) is 7.79. The zero-order valence-corrected chi connectivity index (χ0v) is 12.5. The summed E-state index contributed by atoms with van der Waals surface area (Å²) in [6.45, 7) is 5.13. The first-order chi connectivity index (χ1) is 8.58. The van der Waals surface area contributed by atoms with E-state index >= 15 is 0 Å². The second-order valence-electron chi connectivity index (χ2n) is 4.54. The van der Waals surface area contributed by atoms with Gasteiger partial charge in [0.1, 0.15) is 0 Å². The number of hydrogen-bond acceptors (Lipinski definition) is 2. The average Bonchev–Trinajstić information content (AvgIpc) is 2.69. The number of benzene rings is 1. The molecule has 4 heteroatoms. The molecule has 0 aliphatic heterocycles. The summed E-state index contributed by atoms with van der Waals surface area (Å²) in [5.41, 5.74) is 3.76. The van der Waals surface area contributed by atoms with Crippen LogP contribution in [0.5, 0.6) is 0 Å². The lowest BCUT2D eigenvalue weighted by molar-refractivity contribution is 0.570. The van der Waals surface area contributed by atoms with Gasteiger partial charge in [0, 0.05) is 35.4 Å². The fraction of sp³-hybridized carbons (Fsp3) is 0.357. The zero-order chi connectivity index (χ0) is 13.1. The molecule has 1 heterocycles. The Bertz CT molecular complexity index is 516. The van der Waals surface area contributed by atoms with E-state index in [9.17, 15) is 0 Å². The summed E-state index contributed by atoms with van der Waals surface area (Å²) in [6, 6.07) is 8.69. The minimum absolute atomic E-state index is 0.308. The van der Waals surface area contributed by atoms with Gasteiger partial charge >= 0.3 is 0 Å². The molecule has 1 unspecified atom stereocenters. The second-order valence-corrected chi connectivity index (χ2v) is 5.45. The monoisotopic (exact) mass is 307 g/mol. The summed E-state index contributed by atoms with van der Waals surface area (Å²) in [5.74, 6) is 0. The molecule has 0 aliphatic rings. The molecule has 0 bridgehead atoms. The highest BCUT2D eigenvalue weighted by Crippen LogP contribution is 2.17. The molecule has 0 fully saturated rings. The molecule has 1 atom stereocenters. The Morgan fingerprint density at radius 1 is 1.33 bits per heavy atom. The highest BCUT2D eigenvalue weighted by Gasteiger charge is 2.11. The van der Waals surface area contributed by atoms with Crippen LogP contribution in [-0.4, -0.2) is 9.78 Å². The predicted molar refractivity (Wildman–Crippen MR) is 77.3 cm³/mol. The largest absolute Gasteiger partial charge is 0.306 e. The Balaban J connectivity index is 1.98. The topological polar surface area (TPSA) is 29.9 Å². The van der Waals surface area contributed by atoms with Gasteiger partial charge in [0.2, 0.25) is 0 Å². The van der Waals surface area contributed by atoms with Crippen molar-refractivity contribution in [1.29, 1.82) is 0 Å². The Kier molecular flexibility index (Phi) is 4.19. The maximum absolute atomic E-state index is 4.27. The van der Waals surface area contributed by atoms with Gasteiger partial charge in [0.25, 0.3) is 0 Å². The quantitative estimate of drug-likeness (QED) is 0.939. The Morgan fingerprint density at radius 3 is 2.56 bits per heavy atom. The molecule has 2 rings (SSSR count). The third kappa shape index (κ3) is 3.00. The maximum Gasteiger partial charge on any atom is 0.0540 e. The van der Waals surface area contributed by atoms with Crippen LogP contribution in [0.2, 0.25) is 0 Å². The van der Waals surface area contributed by atoms with Gasteiger partial charge in [-0.05, 0) is 31.5 Å². The molecule has 18 heavy (non-hydrogen) atoms. The van der Waals surface area contributed by atoms with Crippen LogP contribution in [0, 0.1) is 6.92 Å². The lowest BCUT2D eigenvalue weighted by Gasteiger charge is -2.13. The molecule has 3 nitrogen and oxygen atoms in total. The Morgan fingerprint density at radius 2 is 2.00 bits per heavy atom. The van der Waals surface area contributed by atoms with E-state index in [1.165, 1.54) is 16.8 Å². The van der Waals surface area contributed by atoms with E-state index in [1.807, 2.05) is 17.9 Å². The van der Waals surface area contributed by atoms with E-state index in [4.69, 9.17) is 0 Å². The van der Waals surface area contributed by atoms with Gasteiger partial charge in [-0.3, -0.25) is 4.68 Å². The lowest BCUT2D eigenvalue weighted by atomic mass is 10.1. The van der Waals surface area contributed by atoms with Crippen LogP contribution >= 0.6 is 15.9 Å². The lowest BCUT2D eigenvalue weighted by Crippen LogP contribution is -2.18. The zero-order valence-electron chi connectivity index (χ0n) is 10.9. The molecule has 0 radical (unpaired) electrons. The number of aryl methyl sites for hydroxylation is 1. The van der Waals surface area contributed by atoms with Crippen LogP contribution < -0.4 is 5.32 Å². The van der Waals surface area contributed by atoms with Crippen molar-refractivity contribution in [2.24, 2.45) is 7.05 Å². The smallest absolute Gasteiger partial charge is 0.0540 e. The molecule has 1 aromatic carbocycles. The van der Waals surface area contributed by atoms with Gasteiger partial charge in [-0.2, -0.15) is 5.10 Å². The van der Waals surface area contributed by atoms with E-state index in [0.29, 0.717) is 6.04 Å². The molecule has 0 saturated carbocycles. The highest BCUT2D eigenvalue weighted by atomic mass is 79.9. The number of aromatic nitrogens is 2. The summed E-state index contributed by atoms with van der Waals surface area (Å²) >= 11 is 3.44. The van der Waals surface area contributed by atoms with E-state index in [2.05, 4.69) is 64.5 Å². The van der Waals surface area contributed by atoms with Crippen molar-refractivity contribution >= 4 is 15.9 Å². The number of hydrogen-bond donors (Lipinski definition) is 1. The van der Waals surface area contributed by atoms with E-state index in [1.54, 1.807) is 0 Å². The number of nitrogens with zero attached hydrogens (tertiary/aromatic N) is 2. The fourth-order valence-corrected chi connectivity index (χ4v) is 2.19. The van der Waals surface area contributed by atoms with Crippen LogP contribution in [0.1, 0.15) is 29.8 Å². The molecule has 0 amide bonds. The van der Waals surface area contributed by atoms with Crippen molar-refractivity contribution in [2.75, 3.05) is 0 Å². The number of rotatable bonds is 4. The standard InChI is InChI=1S/C14H18BrN3/c1-10(14-9-17-18(3)11(14)2)16-8-12-4-6-13(15)7-5-12/h4-7,9-10,16H,8H2,1-3H3. The maximum atomic E-state index is 4.27. The molecule has 1 aromatic heterocycles. The van der Waals surface area contributed by atoms with Crippen LogP contribution in [0.3, 0.4) is 0 Å². The normalized spacial score (nSPS) is 12.7. The van der Waals surface area contributed by atoms with Crippen molar-refractivity contribution < 1.29 is 0 Å². The first-order valence-electron chi connectivity index (χ1n) is 6.04. The van der Waals surface area contributed by atoms with Crippen molar-refractivity contribution in [2.45, 2.75) is 26.4 Å².